The summed E-state index contributed by atoms with van der Waals surface area (Å²) in [5.74, 6) is -0.194. The van der Waals surface area contributed by atoms with E-state index < -0.39 is 0 Å². The van der Waals surface area contributed by atoms with Crippen LogP contribution < -0.4 is 5.73 Å². The molecule has 4 heteroatoms. The Morgan fingerprint density at radius 1 is 1.19 bits per heavy atom. The SMILES string of the molecule is Cc1c(Br)c2ccccc2n1Cc1cc(CN)ccc1F. The van der Waals surface area contributed by atoms with Crippen LogP contribution in [0, 0.1) is 12.7 Å². The zero-order valence-corrected chi connectivity index (χ0v) is 13.3. The van der Waals surface area contributed by atoms with Crippen LogP contribution >= 0.6 is 15.9 Å². The van der Waals surface area contributed by atoms with Gasteiger partial charge in [0.1, 0.15) is 5.82 Å². The second kappa shape index (κ2) is 5.62. The van der Waals surface area contributed by atoms with Gasteiger partial charge < -0.3 is 10.3 Å². The second-order valence-corrected chi connectivity index (χ2v) is 5.93. The molecule has 0 amide bonds. The molecule has 3 aromatic rings. The van der Waals surface area contributed by atoms with E-state index in [1.54, 1.807) is 6.07 Å². The summed E-state index contributed by atoms with van der Waals surface area (Å²) in [6.45, 7) is 2.95. The minimum atomic E-state index is -0.194. The first-order valence-corrected chi connectivity index (χ1v) is 7.62. The summed E-state index contributed by atoms with van der Waals surface area (Å²) in [6.07, 6.45) is 0. The Morgan fingerprint density at radius 2 is 1.95 bits per heavy atom. The average molecular weight is 347 g/mol. The van der Waals surface area contributed by atoms with Crippen molar-refractivity contribution in [3.05, 3.63) is 69.6 Å². The average Bonchev–Trinajstić information content (AvgIpc) is 2.75. The van der Waals surface area contributed by atoms with Crippen molar-refractivity contribution in [2.45, 2.75) is 20.0 Å². The third-order valence-electron chi connectivity index (χ3n) is 3.83. The van der Waals surface area contributed by atoms with Gasteiger partial charge in [-0.15, -0.1) is 0 Å². The molecular formula is C17H16BrFN2. The van der Waals surface area contributed by atoms with Crippen LogP contribution in [0.15, 0.2) is 46.9 Å². The van der Waals surface area contributed by atoms with Crippen LogP contribution in [0.25, 0.3) is 10.9 Å². The van der Waals surface area contributed by atoms with Crippen LogP contribution in [-0.2, 0) is 13.1 Å². The fraction of sp³-hybridized carbons (Fsp3) is 0.176. The van der Waals surface area contributed by atoms with Crippen molar-refractivity contribution in [1.29, 1.82) is 0 Å². The zero-order valence-electron chi connectivity index (χ0n) is 11.7. The quantitative estimate of drug-likeness (QED) is 0.750. The van der Waals surface area contributed by atoms with Gasteiger partial charge in [-0.3, -0.25) is 0 Å². The van der Waals surface area contributed by atoms with Crippen LogP contribution in [0.5, 0.6) is 0 Å². The summed E-state index contributed by atoms with van der Waals surface area (Å²) >= 11 is 3.63. The number of para-hydroxylation sites is 1. The molecule has 3 rings (SSSR count). The predicted molar refractivity (Wildman–Crippen MR) is 87.8 cm³/mol. The molecule has 0 spiro atoms. The van der Waals surface area contributed by atoms with Gasteiger partial charge in [0.15, 0.2) is 0 Å². The molecule has 0 fully saturated rings. The molecule has 0 aliphatic rings. The number of fused-ring (bicyclic) bond motifs is 1. The number of hydrogen-bond acceptors (Lipinski definition) is 1. The van der Waals surface area contributed by atoms with Gasteiger partial charge in [-0.1, -0.05) is 24.3 Å². The largest absolute Gasteiger partial charge is 0.339 e. The van der Waals surface area contributed by atoms with E-state index >= 15 is 0 Å². The third kappa shape index (κ3) is 2.49. The van der Waals surface area contributed by atoms with Crippen molar-refractivity contribution in [3.63, 3.8) is 0 Å². The first-order valence-electron chi connectivity index (χ1n) is 6.82. The number of rotatable bonds is 3. The number of aromatic nitrogens is 1. The van der Waals surface area contributed by atoms with Gasteiger partial charge in [0.05, 0.1) is 6.54 Å². The molecule has 1 aromatic heterocycles. The monoisotopic (exact) mass is 346 g/mol. The van der Waals surface area contributed by atoms with Crippen LogP contribution in [0.4, 0.5) is 4.39 Å². The van der Waals surface area contributed by atoms with Crippen LogP contribution in [0.2, 0.25) is 0 Å². The molecule has 0 unspecified atom stereocenters. The highest BCUT2D eigenvalue weighted by atomic mass is 79.9. The van der Waals surface area contributed by atoms with Gasteiger partial charge in [0.25, 0.3) is 0 Å². The molecule has 0 bridgehead atoms. The molecule has 0 saturated carbocycles. The smallest absolute Gasteiger partial charge is 0.128 e. The standard InChI is InChI=1S/C17H16BrFN2/c1-11-17(18)14-4-2-3-5-16(14)21(11)10-13-8-12(9-20)6-7-15(13)19/h2-8H,9-10,20H2,1H3. The molecule has 0 atom stereocenters. The summed E-state index contributed by atoms with van der Waals surface area (Å²) in [6, 6.07) is 13.2. The lowest BCUT2D eigenvalue weighted by molar-refractivity contribution is 0.599. The van der Waals surface area contributed by atoms with Crippen LogP contribution in [0.3, 0.4) is 0 Å². The van der Waals surface area contributed by atoms with Gasteiger partial charge in [0, 0.05) is 33.2 Å². The summed E-state index contributed by atoms with van der Waals surface area (Å²) in [4.78, 5) is 0. The Labute approximate surface area is 131 Å². The Balaban J connectivity index is 2.12. The van der Waals surface area contributed by atoms with E-state index in [1.807, 2.05) is 25.1 Å². The second-order valence-electron chi connectivity index (χ2n) is 5.13. The molecule has 2 N–H and O–H groups in total. The minimum Gasteiger partial charge on any atom is -0.339 e. The maximum Gasteiger partial charge on any atom is 0.128 e. The van der Waals surface area contributed by atoms with Gasteiger partial charge >= 0.3 is 0 Å². The van der Waals surface area contributed by atoms with Gasteiger partial charge in [0.2, 0.25) is 0 Å². The summed E-state index contributed by atoms with van der Waals surface area (Å²) in [7, 11) is 0. The van der Waals surface area contributed by atoms with Crippen molar-refractivity contribution >= 4 is 26.8 Å². The number of benzene rings is 2. The van der Waals surface area contributed by atoms with Crippen LogP contribution in [0.1, 0.15) is 16.8 Å². The Kier molecular flexibility index (Phi) is 3.83. The van der Waals surface area contributed by atoms with E-state index in [2.05, 4.69) is 32.6 Å². The van der Waals surface area contributed by atoms with Crippen molar-refractivity contribution in [2.75, 3.05) is 0 Å². The fourth-order valence-electron chi connectivity index (χ4n) is 2.64. The molecule has 21 heavy (non-hydrogen) atoms. The van der Waals surface area contributed by atoms with E-state index in [4.69, 9.17) is 5.73 Å². The fourth-order valence-corrected chi connectivity index (χ4v) is 3.19. The van der Waals surface area contributed by atoms with E-state index in [0.717, 1.165) is 26.6 Å². The van der Waals surface area contributed by atoms with Crippen molar-refractivity contribution in [3.8, 4) is 0 Å². The van der Waals surface area contributed by atoms with Gasteiger partial charge in [-0.25, -0.2) is 4.39 Å². The first kappa shape index (κ1) is 14.3. The molecule has 0 saturated heterocycles. The molecule has 2 nitrogen and oxygen atoms in total. The van der Waals surface area contributed by atoms with Gasteiger partial charge in [-0.05, 0) is 46.6 Å². The highest BCUT2D eigenvalue weighted by Gasteiger charge is 2.13. The molecule has 0 radical (unpaired) electrons. The number of nitrogens with two attached hydrogens (primary N) is 1. The highest BCUT2D eigenvalue weighted by Crippen LogP contribution is 2.31. The van der Waals surface area contributed by atoms with Crippen molar-refractivity contribution in [2.24, 2.45) is 5.73 Å². The Morgan fingerprint density at radius 3 is 2.71 bits per heavy atom. The Bertz CT molecular complexity index is 808. The topological polar surface area (TPSA) is 30.9 Å². The first-order chi connectivity index (χ1) is 10.1. The summed E-state index contributed by atoms with van der Waals surface area (Å²) < 4.78 is 17.3. The lowest BCUT2D eigenvalue weighted by Crippen LogP contribution is -2.05. The van der Waals surface area contributed by atoms with E-state index in [9.17, 15) is 4.39 Å². The van der Waals surface area contributed by atoms with Crippen molar-refractivity contribution < 1.29 is 4.39 Å². The normalized spacial score (nSPS) is 11.2. The molecule has 108 valence electrons. The Hall–Kier alpha value is -1.65. The molecule has 0 aliphatic carbocycles. The van der Waals surface area contributed by atoms with E-state index in [-0.39, 0.29) is 5.82 Å². The molecule has 2 aromatic carbocycles. The number of halogens is 2. The summed E-state index contributed by atoms with van der Waals surface area (Å²) in [5.41, 5.74) is 9.44. The predicted octanol–water partition coefficient (Wildman–Crippen LogP) is 4.36. The number of hydrogen-bond donors (Lipinski definition) is 1. The maximum atomic E-state index is 14.1. The molecule has 0 aliphatic heterocycles. The summed E-state index contributed by atoms with van der Waals surface area (Å²) in [5, 5.41) is 1.14. The van der Waals surface area contributed by atoms with E-state index in [1.165, 1.54) is 6.07 Å². The highest BCUT2D eigenvalue weighted by molar-refractivity contribution is 9.10. The molecular weight excluding hydrogens is 331 g/mol. The lowest BCUT2D eigenvalue weighted by atomic mass is 10.1. The zero-order chi connectivity index (χ0) is 15.0. The third-order valence-corrected chi connectivity index (χ3v) is 4.83. The maximum absolute atomic E-state index is 14.1. The van der Waals surface area contributed by atoms with Crippen molar-refractivity contribution in [1.82, 2.24) is 4.57 Å². The lowest BCUT2D eigenvalue weighted by Gasteiger charge is -2.11. The van der Waals surface area contributed by atoms with E-state index in [0.29, 0.717) is 18.7 Å². The minimum absolute atomic E-state index is 0.194. The molecule has 1 heterocycles. The van der Waals surface area contributed by atoms with Gasteiger partial charge in [-0.2, -0.15) is 0 Å². The van der Waals surface area contributed by atoms with Crippen LogP contribution in [-0.4, -0.2) is 4.57 Å². The number of nitrogens with zero attached hydrogens (tertiary/aromatic N) is 1.